The molecule has 1 aliphatic heterocycles. The molecule has 0 spiro atoms. The van der Waals surface area contributed by atoms with E-state index in [0.29, 0.717) is 6.54 Å². The van der Waals surface area contributed by atoms with Crippen molar-refractivity contribution in [2.45, 2.75) is 25.9 Å². The van der Waals surface area contributed by atoms with E-state index < -0.39 is 0 Å². The number of nitrogens with one attached hydrogen (secondary N) is 1. The summed E-state index contributed by atoms with van der Waals surface area (Å²) in [5.41, 5.74) is 2.89. The number of hydrogen-bond acceptors (Lipinski definition) is 3. The van der Waals surface area contributed by atoms with Crippen LogP contribution in [0.3, 0.4) is 0 Å². The Morgan fingerprint density at radius 1 is 1.14 bits per heavy atom. The number of piperidine rings is 1. The molecule has 146 valence electrons. The number of benzene rings is 1. The van der Waals surface area contributed by atoms with Crippen LogP contribution in [-0.2, 0) is 17.9 Å². The normalized spacial score (nSPS) is 15.8. The Bertz CT molecular complexity index is 964. The van der Waals surface area contributed by atoms with E-state index in [-0.39, 0.29) is 17.6 Å². The van der Waals surface area contributed by atoms with Crippen molar-refractivity contribution in [3.05, 3.63) is 70.3 Å². The van der Waals surface area contributed by atoms with Gasteiger partial charge in [-0.1, -0.05) is 12.1 Å². The van der Waals surface area contributed by atoms with E-state index >= 15 is 0 Å². The summed E-state index contributed by atoms with van der Waals surface area (Å²) in [6.07, 6.45) is 5.74. The molecule has 0 aliphatic carbocycles. The summed E-state index contributed by atoms with van der Waals surface area (Å²) in [7, 11) is 0. The first-order valence-corrected chi connectivity index (χ1v) is 10.2. The van der Waals surface area contributed by atoms with Gasteiger partial charge in [-0.05, 0) is 71.7 Å². The van der Waals surface area contributed by atoms with Gasteiger partial charge in [0.1, 0.15) is 11.5 Å². The SMILES string of the molecule is O=C(NCc1ccc(F)cc1)C1CCN(Cc2cn3cc(Br)ccc3n2)CC1. The zero-order valence-corrected chi connectivity index (χ0v) is 17.0. The summed E-state index contributed by atoms with van der Waals surface area (Å²) in [6, 6.07) is 10.2. The van der Waals surface area contributed by atoms with Crippen molar-refractivity contribution in [2.24, 2.45) is 5.92 Å². The number of halogens is 2. The number of nitrogens with zero attached hydrogens (tertiary/aromatic N) is 3. The first kappa shape index (κ1) is 19.1. The number of pyridine rings is 1. The molecule has 2 aromatic heterocycles. The third-order valence-corrected chi connectivity index (χ3v) is 5.66. The fraction of sp³-hybridized carbons (Fsp3) is 0.333. The molecule has 7 heteroatoms. The zero-order chi connectivity index (χ0) is 19.5. The predicted molar refractivity (Wildman–Crippen MR) is 109 cm³/mol. The van der Waals surface area contributed by atoms with Crippen LogP contribution in [-0.4, -0.2) is 33.3 Å². The van der Waals surface area contributed by atoms with Crippen LogP contribution in [0.1, 0.15) is 24.1 Å². The van der Waals surface area contributed by atoms with Gasteiger partial charge < -0.3 is 9.72 Å². The van der Waals surface area contributed by atoms with E-state index in [0.717, 1.165) is 53.9 Å². The second kappa shape index (κ2) is 8.41. The van der Waals surface area contributed by atoms with Crippen LogP contribution in [0, 0.1) is 11.7 Å². The molecule has 1 amide bonds. The molecule has 4 rings (SSSR count). The Hall–Kier alpha value is -2.25. The van der Waals surface area contributed by atoms with Gasteiger partial charge in [0, 0.05) is 35.9 Å². The van der Waals surface area contributed by atoms with Crippen molar-refractivity contribution < 1.29 is 9.18 Å². The van der Waals surface area contributed by atoms with Gasteiger partial charge in [0.05, 0.1) is 5.69 Å². The fourth-order valence-corrected chi connectivity index (χ4v) is 3.96. The molecule has 1 aromatic carbocycles. The molecule has 3 heterocycles. The minimum absolute atomic E-state index is 0.0359. The molecule has 0 saturated carbocycles. The Morgan fingerprint density at radius 2 is 1.89 bits per heavy atom. The molecule has 3 aromatic rings. The number of amides is 1. The topological polar surface area (TPSA) is 49.6 Å². The summed E-state index contributed by atoms with van der Waals surface area (Å²) in [6.45, 7) is 3.00. The molecule has 1 N–H and O–H groups in total. The first-order chi connectivity index (χ1) is 13.6. The predicted octanol–water partition coefficient (Wildman–Crippen LogP) is 3.76. The summed E-state index contributed by atoms with van der Waals surface area (Å²) in [4.78, 5) is 19.4. The molecule has 0 radical (unpaired) electrons. The van der Waals surface area contributed by atoms with E-state index in [9.17, 15) is 9.18 Å². The molecule has 1 fully saturated rings. The van der Waals surface area contributed by atoms with Gasteiger partial charge in [-0.25, -0.2) is 9.37 Å². The molecule has 0 unspecified atom stereocenters. The first-order valence-electron chi connectivity index (χ1n) is 9.44. The molecular weight excluding hydrogens is 423 g/mol. The number of likely N-dealkylation sites (tertiary alicyclic amines) is 1. The largest absolute Gasteiger partial charge is 0.352 e. The Balaban J connectivity index is 1.26. The second-order valence-electron chi connectivity index (χ2n) is 7.24. The van der Waals surface area contributed by atoms with Gasteiger partial charge in [0.15, 0.2) is 0 Å². The molecule has 1 saturated heterocycles. The maximum atomic E-state index is 12.9. The number of carbonyl (C=O) groups excluding carboxylic acids is 1. The smallest absolute Gasteiger partial charge is 0.223 e. The van der Waals surface area contributed by atoms with Crippen LogP contribution < -0.4 is 5.32 Å². The van der Waals surface area contributed by atoms with Crippen molar-refractivity contribution >= 4 is 27.5 Å². The molecule has 0 atom stereocenters. The summed E-state index contributed by atoms with van der Waals surface area (Å²) in [5, 5.41) is 2.98. The van der Waals surface area contributed by atoms with Crippen LogP contribution in [0.5, 0.6) is 0 Å². The minimum atomic E-state index is -0.263. The Labute approximate surface area is 171 Å². The van der Waals surface area contributed by atoms with Crippen molar-refractivity contribution in [3.63, 3.8) is 0 Å². The lowest BCUT2D eigenvalue weighted by molar-refractivity contribution is -0.126. The van der Waals surface area contributed by atoms with Gasteiger partial charge >= 0.3 is 0 Å². The molecular formula is C21H22BrFN4O. The number of aromatic nitrogens is 2. The lowest BCUT2D eigenvalue weighted by atomic mass is 9.95. The summed E-state index contributed by atoms with van der Waals surface area (Å²) in [5.74, 6) is -0.143. The fourth-order valence-electron chi connectivity index (χ4n) is 3.61. The van der Waals surface area contributed by atoms with Crippen molar-refractivity contribution in [1.29, 1.82) is 0 Å². The lowest BCUT2D eigenvalue weighted by Gasteiger charge is -2.30. The standard InChI is InChI=1S/C21H22BrFN4O/c22-17-3-6-20-25-19(14-27(20)12-17)13-26-9-7-16(8-10-26)21(28)24-11-15-1-4-18(23)5-2-15/h1-6,12,14,16H,7-11,13H2,(H,24,28). The highest BCUT2D eigenvalue weighted by molar-refractivity contribution is 9.10. The van der Waals surface area contributed by atoms with Gasteiger partial charge in [-0.15, -0.1) is 0 Å². The third kappa shape index (κ3) is 4.59. The average molecular weight is 445 g/mol. The van der Waals surface area contributed by atoms with E-state index in [1.165, 1.54) is 12.1 Å². The number of hydrogen-bond donors (Lipinski definition) is 1. The molecule has 5 nitrogen and oxygen atoms in total. The Kier molecular flexibility index (Phi) is 5.73. The van der Waals surface area contributed by atoms with Crippen molar-refractivity contribution in [1.82, 2.24) is 19.6 Å². The minimum Gasteiger partial charge on any atom is -0.352 e. The van der Waals surface area contributed by atoms with Gasteiger partial charge in [-0.2, -0.15) is 0 Å². The lowest BCUT2D eigenvalue weighted by Crippen LogP contribution is -2.40. The maximum Gasteiger partial charge on any atom is 0.223 e. The zero-order valence-electron chi connectivity index (χ0n) is 15.4. The van der Waals surface area contributed by atoms with Gasteiger partial charge in [0.25, 0.3) is 0 Å². The second-order valence-corrected chi connectivity index (χ2v) is 8.16. The van der Waals surface area contributed by atoms with E-state index in [2.05, 4.69) is 37.3 Å². The van der Waals surface area contributed by atoms with E-state index in [4.69, 9.17) is 0 Å². The van der Waals surface area contributed by atoms with Crippen LogP contribution >= 0.6 is 15.9 Å². The number of rotatable bonds is 5. The highest BCUT2D eigenvalue weighted by atomic mass is 79.9. The monoisotopic (exact) mass is 444 g/mol. The number of carbonyl (C=O) groups is 1. The summed E-state index contributed by atoms with van der Waals surface area (Å²) < 4.78 is 16.0. The van der Waals surface area contributed by atoms with E-state index in [1.807, 2.05) is 22.7 Å². The van der Waals surface area contributed by atoms with Crippen molar-refractivity contribution in [2.75, 3.05) is 13.1 Å². The van der Waals surface area contributed by atoms with Crippen LogP contribution in [0.15, 0.2) is 53.3 Å². The highest BCUT2D eigenvalue weighted by Gasteiger charge is 2.25. The molecule has 28 heavy (non-hydrogen) atoms. The van der Waals surface area contributed by atoms with Crippen molar-refractivity contribution in [3.8, 4) is 0 Å². The Morgan fingerprint density at radius 3 is 2.64 bits per heavy atom. The summed E-state index contributed by atoms with van der Waals surface area (Å²) >= 11 is 3.48. The number of imidazole rings is 1. The number of fused-ring (bicyclic) bond motifs is 1. The molecule has 0 bridgehead atoms. The average Bonchev–Trinajstić information content (AvgIpc) is 3.09. The van der Waals surface area contributed by atoms with Crippen LogP contribution in [0.25, 0.3) is 5.65 Å². The third-order valence-electron chi connectivity index (χ3n) is 5.19. The van der Waals surface area contributed by atoms with Gasteiger partial charge in [0.2, 0.25) is 5.91 Å². The van der Waals surface area contributed by atoms with Crippen LogP contribution in [0.2, 0.25) is 0 Å². The highest BCUT2D eigenvalue weighted by Crippen LogP contribution is 2.20. The molecule has 1 aliphatic rings. The van der Waals surface area contributed by atoms with E-state index in [1.54, 1.807) is 12.1 Å². The van der Waals surface area contributed by atoms with Crippen LogP contribution in [0.4, 0.5) is 4.39 Å². The maximum absolute atomic E-state index is 12.9. The van der Waals surface area contributed by atoms with Gasteiger partial charge in [-0.3, -0.25) is 9.69 Å². The quantitative estimate of drug-likeness (QED) is 0.651.